The van der Waals surface area contributed by atoms with E-state index in [0.29, 0.717) is 35.3 Å². The van der Waals surface area contributed by atoms with E-state index >= 15 is 0 Å². The summed E-state index contributed by atoms with van der Waals surface area (Å²) < 4.78 is 29.8. The summed E-state index contributed by atoms with van der Waals surface area (Å²) in [6.07, 6.45) is 1.76. The number of thiazole rings is 1. The zero-order valence-electron chi connectivity index (χ0n) is 15.5. The monoisotopic (exact) mass is 436 g/mol. The third-order valence-corrected chi connectivity index (χ3v) is 8.51. The molecule has 0 atom stereocenters. The summed E-state index contributed by atoms with van der Waals surface area (Å²) in [5.41, 5.74) is 1.58. The van der Waals surface area contributed by atoms with E-state index in [-0.39, 0.29) is 9.77 Å². The number of hydrogen-bond donors (Lipinski definition) is 0. The van der Waals surface area contributed by atoms with Crippen LogP contribution in [0.15, 0.2) is 52.2 Å². The molecule has 1 aromatic heterocycles. The number of halogens is 1. The predicted octanol–water partition coefficient (Wildman–Crippen LogP) is 4.19. The van der Waals surface area contributed by atoms with Crippen molar-refractivity contribution in [1.82, 2.24) is 8.87 Å². The molecule has 1 aliphatic heterocycles. The molecule has 0 bridgehead atoms. The van der Waals surface area contributed by atoms with E-state index in [2.05, 4.69) is 6.92 Å². The summed E-state index contributed by atoms with van der Waals surface area (Å²) in [6, 6.07) is 12.4. The van der Waals surface area contributed by atoms with Crippen LogP contribution in [0.1, 0.15) is 25.3 Å². The van der Waals surface area contributed by atoms with E-state index in [1.807, 2.05) is 18.2 Å². The molecular formula is C20H21ClN2O3S2. The van der Waals surface area contributed by atoms with Crippen LogP contribution in [-0.2, 0) is 16.6 Å². The van der Waals surface area contributed by atoms with Crippen molar-refractivity contribution in [3.8, 4) is 0 Å². The normalized spacial score (nSPS) is 16.6. The molecule has 0 radical (unpaired) electrons. The highest BCUT2D eigenvalue weighted by Crippen LogP contribution is 2.28. The highest BCUT2D eigenvalue weighted by molar-refractivity contribution is 7.89. The molecule has 1 aliphatic rings. The number of rotatable bonds is 4. The molecule has 0 unspecified atom stereocenters. The Hall–Kier alpha value is -1.67. The summed E-state index contributed by atoms with van der Waals surface area (Å²) in [5.74, 6) is 0.554. The minimum Gasteiger partial charge on any atom is -0.294 e. The average Bonchev–Trinajstić information content (AvgIpc) is 2.98. The Morgan fingerprint density at radius 3 is 2.57 bits per heavy atom. The smallest absolute Gasteiger partial charge is 0.294 e. The van der Waals surface area contributed by atoms with Gasteiger partial charge in [0.15, 0.2) is 0 Å². The fourth-order valence-corrected chi connectivity index (χ4v) is 6.22. The molecule has 3 aromatic rings. The molecule has 0 amide bonds. The number of aromatic nitrogens is 1. The van der Waals surface area contributed by atoms with E-state index in [9.17, 15) is 13.2 Å². The number of fused-ring (bicyclic) bond motifs is 1. The molecule has 1 saturated heterocycles. The van der Waals surface area contributed by atoms with Crippen LogP contribution in [0, 0.1) is 5.92 Å². The van der Waals surface area contributed by atoms with E-state index < -0.39 is 10.0 Å². The highest BCUT2D eigenvalue weighted by atomic mass is 35.5. The molecule has 5 nitrogen and oxygen atoms in total. The number of hydrogen-bond acceptors (Lipinski definition) is 4. The first kappa shape index (κ1) is 19.6. The largest absolute Gasteiger partial charge is 0.308 e. The van der Waals surface area contributed by atoms with Gasteiger partial charge in [0, 0.05) is 18.1 Å². The van der Waals surface area contributed by atoms with Crippen LogP contribution in [0.25, 0.3) is 10.2 Å². The lowest BCUT2D eigenvalue weighted by Gasteiger charge is -2.29. The van der Waals surface area contributed by atoms with Crippen molar-refractivity contribution in [2.24, 2.45) is 5.92 Å². The molecule has 2 aromatic carbocycles. The van der Waals surface area contributed by atoms with Crippen molar-refractivity contribution < 1.29 is 8.42 Å². The molecule has 0 aliphatic carbocycles. The van der Waals surface area contributed by atoms with Gasteiger partial charge in [0.25, 0.3) is 0 Å². The SMILES string of the molecule is CC1CCN(S(=O)(=O)c2ccc3c(c2)sc(=O)n3Cc2ccccc2Cl)CC1. The van der Waals surface area contributed by atoms with Gasteiger partial charge in [-0.3, -0.25) is 9.36 Å². The maximum Gasteiger partial charge on any atom is 0.308 e. The molecular weight excluding hydrogens is 416 g/mol. The van der Waals surface area contributed by atoms with Gasteiger partial charge in [-0.05, 0) is 48.6 Å². The minimum absolute atomic E-state index is 0.128. The molecule has 2 heterocycles. The lowest BCUT2D eigenvalue weighted by atomic mass is 10.0. The van der Waals surface area contributed by atoms with Crippen molar-refractivity contribution >= 4 is 43.2 Å². The summed E-state index contributed by atoms with van der Waals surface area (Å²) >= 11 is 7.29. The summed E-state index contributed by atoms with van der Waals surface area (Å²) in [5, 5.41) is 0.604. The molecule has 8 heteroatoms. The molecule has 0 spiro atoms. The van der Waals surface area contributed by atoms with E-state index in [4.69, 9.17) is 11.6 Å². The Bertz CT molecular complexity index is 1180. The lowest BCUT2D eigenvalue weighted by Crippen LogP contribution is -2.37. The van der Waals surface area contributed by atoms with Crippen molar-refractivity contribution in [3.63, 3.8) is 0 Å². The predicted molar refractivity (Wildman–Crippen MR) is 114 cm³/mol. The Morgan fingerprint density at radius 1 is 1.14 bits per heavy atom. The first-order chi connectivity index (χ1) is 13.4. The van der Waals surface area contributed by atoms with Gasteiger partial charge in [0.1, 0.15) is 0 Å². The van der Waals surface area contributed by atoms with Crippen LogP contribution in [0.3, 0.4) is 0 Å². The first-order valence-corrected chi connectivity index (χ1v) is 11.9. The van der Waals surface area contributed by atoms with E-state index in [1.165, 1.54) is 0 Å². The number of piperidine rings is 1. The highest BCUT2D eigenvalue weighted by Gasteiger charge is 2.28. The first-order valence-electron chi connectivity index (χ1n) is 9.23. The molecule has 148 valence electrons. The Morgan fingerprint density at radius 2 is 1.86 bits per heavy atom. The molecule has 0 saturated carbocycles. The van der Waals surface area contributed by atoms with Crippen molar-refractivity contribution in [3.05, 3.63) is 62.7 Å². The summed E-state index contributed by atoms with van der Waals surface area (Å²) in [4.78, 5) is 12.7. The van der Waals surface area contributed by atoms with Gasteiger partial charge < -0.3 is 0 Å². The molecule has 1 fully saturated rings. The minimum atomic E-state index is -3.54. The third-order valence-electron chi connectivity index (χ3n) is 5.31. The summed E-state index contributed by atoms with van der Waals surface area (Å²) in [6.45, 7) is 3.60. The molecule has 28 heavy (non-hydrogen) atoms. The van der Waals surface area contributed by atoms with Gasteiger partial charge in [0.05, 0.1) is 21.7 Å². The van der Waals surface area contributed by atoms with Gasteiger partial charge in [-0.2, -0.15) is 4.31 Å². The molecule has 0 N–H and O–H groups in total. The second-order valence-electron chi connectivity index (χ2n) is 7.26. The Kier molecular flexibility index (Phi) is 5.35. The second-order valence-corrected chi connectivity index (χ2v) is 10.6. The van der Waals surface area contributed by atoms with Crippen molar-refractivity contribution in [2.45, 2.75) is 31.2 Å². The van der Waals surface area contributed by atoms with Crippen LogP contribution in [0.5, 0.6) is 0 Å². The van der Waals surface area contributed by atoms with Crippen LogP contribution >= 0.6 is 22.9 Å². The van der Waals surface area contributed by atoms with E-state index in [1.54, 1.807) is 33.1 Å². The van der Waals surface area contributed by atoms with Crippen LogP contribution in [-0.4, -0.2) is 30.4 Å². The lowest BCUT2D eigenvalue weighted by molar-refractivity contribution is 0.288. The average molecular weight is 437 g/mol. The van der Waals surface area contributed by atoms with Gasteiger partial charge >= 0.3 is 4.87 Å². The maximum atomic E-state index is 13.0. The third kappa shape index (κ3) is 3.64. The number of sulfonamides is 1. The van der Waals surface area contributed by atoms with Gasteiger partial charge in [0.2, 0.25) is 10.0 Å². The summed E-state index contributed by atoms with van der Waals surface area (Å²) in [7, 11) is -3.54. The molecule has 4 rings (SSSR count). The van der Waals surface area contributed by atoms with Gasteiger partial charge in [-0.15, -0.1) is 0 Å². The van der Waals surface area contributed by atoms with Crippen LogP contribution in [0.4, 0.5) is 0 Å². The quantitative estimate of drug-likeness (QED) is 0.616. The van der Waals surface area contributed by atoms with Crippen molar-refractivity contribution in [2.75, 3.05) is 13.1 Å². The van der Waals surface area contributed by atoms with Crippen molar-refractivity contribution in [1.29, 1.82) is 0 Å². The second kappa shape index (κ2) is 7.63. The van der Waals surface area contributed by atoms with E-state index in [0.717, 1.165) is 35.3 Å². The maximum absolute atomic E-state index is 13.0. The zero-order chi connectivity index (χ0) is 19.9. The zero-order valence-corrected chi connectivity index (χ0v) is 17.9. The fraction of sp³-hybridized carbons (Fsp3) is 0.350. The number of benzene rings is 2. The number of nitrogens with zero attached hydrogens (tertiary/aromatic N) is 2. The topological polar surface area (TPSA) is 59.4 Å². The Balaban J connectivity index is 1.69. The standard InChI is InChI=1S/C20H21ClN2O3S2/c1-14-8-10-22(11-9-14)28(25,26)16-6-7-18-19(12-16)27-20(24)23(18)13-15-4-2-3-5-17(15)21/h2-7,12,14H,8-11,13H2,1H3. The van der Waals surface area contributed by atoms with Gasteiger partial charge in [-0.25, -0.2) is 8.42 Å². The Labute approximate surface area is 173 Å². The van der Waals surface area contributed by atoms with Crippen LogP contribution < -0.4 is 4.87 Å². The fourth-order valence-electron chi connectivity index (χ4n) is 3.53. The van der Waals surface area contributed by atoms with Gasteiger partial charge in [-0.1, -0.05) is 48.1 Å². The van der Waals surface area contributed by atoms with Crippen LogP contribution in [0.2, 0.25) is 5.02 Å².